The molecule has 0 aliphatic rings. The van der Waals surface area contributed by atoms with Gasteiger partial charge in [0.25, 0.3) is 0 Å². The quantitative estimate of drug-likeness (QED) is 0.312. The summed E-state index contributed by atoms with van der Waals surface area (Å²) in [5.74, 6) is 0.515. The van der Waals surface area contributed by atoms with Gasteiger partial charge < -0.3 is 15.5 Å². The third kappa shape index (κ3) is 7.74. The third-order valence-corrected chi connectivity index (χ3v) is 5.18. The number of hydrogen-bond acceptors (Lipinski definition) is 4. The second kappa shape index (κ2) is 11.7. The molecule has 0 saturated heterocycles. The van der Waals surface area contributed by atoms with Crippen LogP contribution >= 0.6 is 35.3 Å². The summed E-state index contributed by atoms with van der Waals surface area (Å²) in [7, 11) is 5.63. The van der Waals surface area contributed by atoms with E-state index in [4.69, 9.17) is 0 Å². The Kier molecular flexibility index (Phi) is 10.3. The summed E-state index contributed by atoms with van der Waals surface area (Å²) >= 11 is 0.974. The highest BCUT2D eigenvalue weighted by Crippen LogP contribution is 2.29. The van der Waals surface area contributed by atoms with Gasteiger partial charge in [0.2, 0.25) is 0 Å². The zero-order valence-corrected chi connectivity index (χ0v) is 20.0. The Morgan fingerprint density at radius 3 is 2.34 bits per heavy atom. The SMILES string of the molecule is CCc1ccc(C(CNC(=NC)NCc2nc(C(F)(F)F)cs2)N(C)C)cc1.I. The number of nitrogens with zero attached hydrogens (tertiary/aromatic N) is 3. The monoisotopic (exact) mass is 541 g/mol. The molecule has 0 spiro atoms. The zero-order chi connectivity index (χ0) is 20.7. The van der Waals surface area contributed by atoms with Crippen LogP contribution in [0.2, 0.25) is 0 Å². The molecular weight excluding hydrogens is 514 g/mol. The molecule has 1 heterocycles. The van der Waals surface area contributed by atoms with E-state index in [9.17, 15) is 13.2 Å². The first-order valence-electron chi connectivity index (χ1n) is 8.96. The third-order valence-electron chi connectivity index (χ3n) is 4.33. The molecule has 1 unspecified atom stereocenters. The van der Waals surface area contributed by atoms with Crippen LogP contribution < -0.4 is 10.6 Å². The minimum Gasteiger partial charge on any atom is -0.354 e. The molecule has 0 aliphatic heterocycles. The number of benzene rings is 1. The molecule has 10 heteroatoms. The van der Waals surface area contributed by atoms with E-state index in [1.807, 2.05) is 14.1 Å². The number of likely N-dealkylation sites (N-methyl/N-ethyl adjacent to an activating group) is 1. The van der Waals surface area contributed by atoms with Crippen molar-refractivity contribution in [2.24, 2.45) is 4.99 Å². The van der Waals surface area contributed by atoms with Crippen molar-refractivity contribution >= 4 is 41.3 Å². The minimum atomic E-state index is -4.42. The lowest BCUT2D eigenvalue weighted by atomic mass is 10.0. The average molecular weight is 541 g/mol. The highest BCUT2D eigenvalue weighted by atomic mass is 127. The standard InChI is InChI=1S/C19H26F3N5S.HI/c1-5-13-6-8-14(9-7-13)15(27(3)4)10-24-18(23-2)25-11-17-26-16(12-28-17)19(20,21)22;/h6-9,12,15H,5,10-11H2,1-4H3,(H2,23,24,25);1H. The van der Waals surface area contributed by atoms with Crippen molar-refractivity contribution in [3.05, 3.63) is 51.5 Å². The molecule has 2 rings (SSSR count). The summed E-state index contributed by atoms with van der Waals surface area (Å²) in [6, 6.07) is 8.62. The van der Waals surface area contributed by atoms with Crippen LogP contribution in [0.1, 0.15) is 34.8 Å². The predicted molar refractivity (Wildman–Crippen MR) is 123 cm³/mol. The molecule has 0 fully saturated rings. The van der Waals surface area contributed by atoms with E-state index in [0.29, 0.717) is 17.5 Å². The largest absolute Gasteiger partial charge is 0.434 e. The molecule has 0 saturated carbocycles. The predicted octanol–water partition coefficient (Wildman–Crippen LogP) is 4.31. The van der Waals surface area contributed by atoms with E-state index in [-0.39, 0.29) is 36.6 Å². The lowest BCUT2D eigenvalue weighted by Crippen LogP contribution is -2.41. The Morgan fingerprint density at radius 2 is 1.86 bits per heavy atom. The van der Waals surface area contributed by atoms with E-state index < -0.39 is 11.9 Å². The van der Waals surface area contributed by atoms with Gasteiger partial charge in [-0.3, -0.25) is 4.99 Å². The molecule has 0 amide bonds. The number of thiazole rings is 1. The average Bonchev–Trinajstić information content (AvgIpc) is 3.14. The Balaban J connectivity index is 0.00000420. The van der Waals surface area contributed by atoms with Crippen LogP contribution in [0.4, 0.5) is 13.2 Å². The van der Waals surface area contributed by atoms with Crippen LogP contribution in [0.3, 0.4) is 0 Å². The number of halogens is 4. The van der Waals surface area contributed by atoms with E-state index in [0.717, 1.165) is 23.1 Å². The number of aromatic nitrogens is 1. The number of rotatable bonds is 7. The second-order valence-electron chi connectivity index (χ2n) is 6.51. The van der Waals surface area contributed by atoms with E-state index >= 15 is 0 Å². The fraction of sp³-hybridized carbons (Fsp3) is 0.474. The molecule has 162 valence electrons. The highest BCUT2D eigenvalue weighted by Gasteiger charge is 2.33. The first-order chi connectivity index (χ1) is 13.2. The fourth-order valence-corrected chi connectivity index (χ4v) is 3.41. The molecule has 1 aromatic heterocycles. The number of guanidine groups is 1. The Hall–Kier alpha value is -1.40. The molecule has 1 aromatic carbocycles. The maximum absolute atomic E-state index is 12.6. The number of aryl methyl sites for hydroxylation is 1. The van der Waals surface area contributed by atoms with Crippen molar-refractivity contribution in [3.63, 3.8) is 0 Å². The molecule has 2 aromatic rings. The van der Waals surface area contributed by atoms with Crippen LogP contribution in [0.15, 0.2) is 34.6 Å². The number of alkyl halides is 3. The van der Waals surface area contributed by atoms with Crippen molar-refractivity contribution in [1.29, 1.82) is 0 Å². The summed E-state index contributed by atoms with van der Waals surface area (Å²) < 4.78 is 37.9. The molecule has 0 aliphatic carbocycles. The lowest BCUT2D eigenvalue weighted by molar-refractivity contribution is -0.140. The summed E-state index contributed by atoms with van der Waals surface area (Å²) in [5.41, 5.74) is 1.61. The number of hydrogen-bond donors (Lipinski definition) is 2. The van der Waals surface area contributed by atoms with Gasteiger partial charge in [0.1, 0.15) is 5.01 Å². The van der Waals surface area contributed by atoms with Crippen LogP contribution in [0.5, 0.6) is 0 Å². The van der Waals surface area contributed by atoms with Crippen LogP contribution in [0.25, 0.3) is 0 Å². The van der Waals surface area contributed by atoms with Crippen LogP contribution in [-0.4, -0.2) is 43.5 Å². The summed E-state index contributed by atoms with van der Waals surface area (Å²) in [6.45, 7) is 2.90. The van der Waals surface area contributed by atoms with Gasteiger partial charge in [-0.2, -0.15) is 13.2 Å². The van der Waals surface area contributed by atoms with Gasteiger partial charge in [-0.15, -0.1) is 35.3 Å². The molecule has 0 bridgehead atoms. The Bertz CT molecular complexity index is 775. The minimum absolute atomic E-state index is 0. The molecular formula is C19H27F3IN5S. The number of nitrogens with one attached hydrogen (secondary N) is 2. The van der Waals surface area contributed by atoms with Gasteiger partial charge in [0.15, 0.2) is 11.7 Å². The van der Waals surface area contributed by atoms with Crippen LogP contribution in [-0.2, 0) is 19.1 Å². The Morgan fingerprint density at radius 1 is 1.21 bits per heavy atom. The van der Waals surface area contributed by atoms with Gasteiger partial charge in [-0.25, -0.2) is 4.98 Å². The summed E-state index contributed by atoms with van der Waals surface area (Å²) in [5, 5.41) is 7.63. The van der Waals surface area contributed by atoms with Crippen molar-refractivity contribution in [2.45, 2.75) is 32.1 Å². The van der Waals surface area contributed by atoms with Gasteiger partial charge in [-0.1, -0.05) is 31.2 Å². The maximum atomic E-state index is 12.6. The summed E-state index contributed by atoms with van der Waals surface area (Å²) in [6.07, 6.45) is -3.42. The molecule has 5 nitrogen and oxygen atoms in total. The van der Waals surface area contributed by atoms with Gasteiger partial charge >= 0.3 is 6.18 Å². The van der Waals surface area contributed by atoms with Gasteiger partial charge in [0, 0.05) is 19.0 Å². The van der Waals surface area contributed by atoms with Gasteiger partial charge in [0.05, 0.1) is 12.6 Å². The van der Waals surface area contributed by atoms with Crippen molar-refractivity contribution in [1.82, 2.24) is 20.5 Å². The fourth-order valence-electron chi connectivity index (χ4n) is 2.67. The second-order valence-corrected chi connectivity index (χ2v) is 7.45. The zero-order valence-electron chi connectivity index (χ0n) is 16.9. The molecule has 29 heavy (non-hydrogen) atoms. The van der Waals surface area contributed by atoms with Crippen LogP contribution in [0, 0.1) is 0 Å². The first kappa shape index (κ1) is 25.6. The van der Waals surface area contributed by atoms with Gasteiger partial charge in [-0.05, 0) is 31.6 Å². The summed E-state index contributed by atoms with van der Waals surface area (Å²) in [4.78, 5) is 9.87. The lowest BCUT2D eigenvalue weighted by Gasteiger charge is -2.26. The van der Waals surface area contributed by atoms with Crippen molar-refractivity contribution in [3.8, 4) is 0 Å². The highest BCUT2D eigenvalue weighted by molar-refractivity contribution is 14.0. The molecule has 2 N–H and O–H groups in total. The molecule has 1 atom stereocenters. The molecule has 0 radical (unpaired) electrons. The maximum Gasteiger partial charge on any atom is 0.434 e. The number of aliphatic imine (C=N–C) groups is 1. The van der Waals surface area contributed by atoms with E-state index in [1.165, 1.54) is 11.1 Å². The topological polar surface area (TPSA) is 52.6 Å². The van der Waals surface area contributed by atoms with Crippen molar-refractivity contribution < 1.29 is 13.2 Å². The van der Waals surface area contributed by atoms with E-state index in [1.54, 1.807) is 7.05 Å². The van der Waals surface area contributed by atoms with Crippen molar-refractivity contribution in [2.75, 3.05) is 27.7 Å². The first-order valence-corrected chi connectivity index (χ1v) is 9.84. The normalized spacial score (nSPS) is 13.2. The Labute approximate surface area is 190 Å². The smallest absolute Gasteiger partial charge is 0.354 e. The van der Waals surface area contributed by atoms with E-state index in [2.05, 4.69) is 56.7 Å².